The number of carbonyl (C=O) groups excluding carboxylic acids is 1. The van der Waals surface area contributed by atoms with Crippen molar-refractivity contribution in [3.05, 3.63) is 83.6 Å². The Morgan fingerprint density at radius 1 is 1.15 bits per heavy atom. The fourth-order valence-corrected chi connectivity index (χ4v) is 3.68. The van der Waals surface area contributed by atoms with Crippen LogP contribution in [0, 0.1) is 13.8 Å². The molecule has 0 bridgehead atoms. The molecule has 0 radical (unpaired) electrons. The highest BCUT2D eigenvalue weighted by Gasteiger charge is 2.27. The first-order valence-corrected chi connectivity index (χ1v) is 8.77. The Balaban J connectivity index is 1.52. The number of amides is 1. The summed E-state index contributed by atoms with van der Waals surface area (Å²) in [7, 11) is 0. The van der Waals surface area contributed by atoms with Crippen LogP contribution in [0.25, 0.3) is 5.69 Å². The second kappa shape index (κ2) is 6.67. The minimum absolute atomic E-state index is 0.00326. The summed E-state index contributed by atoms with van der Waals surface area (Å²) >= 11 is 0. The number of para-hydroxylation sites is 1. The number of benzene rings is 1. The largest absolute Gasteiger partial charge is 0.459 e. The van der Waals surface area contributed by atoms with Gasteiger partial charge in [-0.15, -0.1) is 0 Å². The summed E-state index contributed by atoms with van der Waals surface area (Å²) < 4.78 is 7.15. The molecule has 1 amide bonds. The molecule has 2 atom stereocenters. The van der Waals surface area contributed by atoms with E-state index in [2.05, 4.69) is 36.5 Å². The fraction of sp³-hybridized carbons (Fsp3) is 0.238. The smallest absolute Gasteiger partial charge is 0.287 e. The number of rotatable bonds is 4. The normalized spacial score (nSPS) is 19.0. The van der Waals surface area contributed by atoms with E-state index in [1.165, 1.54) is 11.8 Å². The van der Waals surface area contributed by atoms with Gasteiger partial charge in [0, 0.05) is 23.2 Å². The SMILES string of the molecule is Cc1nn(-c2ccccc2)c(C)c1C1C=CC(NC(=O)c2ccco2)C1. The molecule has 5 heteroatoms. The summed E-state index contributed by atoms with van der Waals surface area (Å²) in [6, 6.07) is 13.5. The minimum Gasteiger partial charge on any atom is -0.459 e. The van der Waals surface area contributed by atoms with Gasteiger partial charge in [0.15, 0.2) is 5.76 Å². The standard InChI is InChI=1S/C21H21N3O2/c1-14-20(15(2)24(23-14)18-7-4-3-5-8-18)16-10-11-17(13-16)22-21(25)19-9-6-12-26-19/h3-12,16-17H,13H2,1-2H3,(H,22,25). The van der Waals surface area contributed by atoms with Crippen LogP contribution in [0.1, 0.15) is 39.8 Å². The summed E-state index contributed by atoms with van der Waals surface area (Å²) in [6.07, 6.45) is 6.56. The molecule has 1 aliphatic carbocycles. The number of allylic oxidation sites excluding steroid dienone is 1. The first-order chi connectivity index (χ1) is 12.6. The highest BCUT2D eigenvalue weighted by Crippen LogP contribution is 2.34. The molecule has 2 aromatic heterocycles. The summed E-state index contributed by atoms with van der Waals surface area (Å²) in [6.45, 7) is 4.15. The molecule has 4 rings (SSSR count). The van der Waals surface area contributed by atoms with Gasteiger partial charge in [-0.3, -0.25) is 4.79 Å². The molecule has 0 aliphatic heterocycles. The van der Waals surface area contributed by atoms with Crippen molar-refractivity contribution in [2.24, 2.45) is 0 Å². The van der Waals surface area contributed by atoms with Crippen LogP contribution in [0.15, 0.2) is 65.3 Å². The van der Waals surface area contributed by atoms with Crippen LogP contribution in [0.2, 0.25) is 0 Å². The molecule has 26 heavy (non-hydrogen) atoms. The van der Waals surface area contributed by atoms with Crippen molar-refractivity contribution < 1.29 is 9.21 Å². The third-order valence-corrected chi connectivity index (χ3v) is 4.86. The Bertz CT molecular complexity index is 939. The van der Waals surface area contributed by atoms with Crippen molar-refractivity contribution >= 4 is 5.91 Å². The van der Waals surface area contributed by atoms with Crippen LogP contribution in [0.3, 0.4) is 0 Å². The molecule has 2 heterocycles. The van der Waals surface area contributed by atoms with Gasteiger partial charge in [0.2, 0.25) is 0 Å². The van der Waals surface area contributed by atoms with Crippen molar-refractivity contribution in [1.29, 1.82) is 0 Å². The quantitative estimate of drug-likeness (QED) is 0.728. The lowest BCUT2D eigenvalue weighted by molar-refractivity contribution is 0.0916. The monoisotopic (exact) mass is 347 g/mol. The predicted octanol–water partition coefficient (Wildman–Crippen LogP) is 3.92. The maximum Gasteiger partial charge on any atom is 0.287 e. The predicted molar refractivity (Wildman–Crippen MR) is 99.5 cm³/mol. The van der Waals surface area contributed by atoms with Gasteiger partial charge in [0.25, 0.3) is 5.91 Å². The topological polar surface area (TPSA) is 60.1 Å². The van der Waals surface area contributed by atoms with E-state index in [9.17, 15) is 4.79 Å². The number of aryl methyl sites for hydroxylation is 1. The van der Waals surface area contributed by atoms with Gasteiger partial charge in [0.1, 0.15) is 0 Å². The van der Waals surface area contributed by atoms with Crippen LogP contribution >= 0.6 is 0 Å². The Morgan fingerprint density at radius 3 is 2.69 bits per heavy atom. The van der Waals surface area contributed by atoms with Crippen molar-refractivity contribution in [2.45, 2.75) is 32.2 Å². The van der Waals surface area contributed by atoms with Gasteiger partial charge in [0.05, 0.1) is 17.6 Å². The molecule has 132 valence electrons. The number of furan rings is 1. The zero-order valence-corrected chi connectivity index (χ0v) is 14.8. The van der Waals surface area contributed by atoms with Crippen LogP contribution in [-0.4, -0.2) is 21.7 Å². The molecule has 3 aromatic rings. The summed E-state index contributed by atoms with van der Waals surface area (Å²) in [5.74, 6) is 0.402. The Morgan fingerprint density at radius 2 is 1.96 bits per heavy atom. The number of nitrogens with one attached hydrogen (secondary N) is 1. The lowest BCUT2D eigenvalue weighted by Gasteiger charge is -2.14. The number of aromatic nitrogens is 2. The zero-order chi connectivity index (χ0) is 18.1. The van der Waals surface area contributed by atoms with Crippen LogP contribution < -0.4 is 5.32 Å². The fourth-order valence-electron chi connectivity index (χ4n) is 3.68. The van der Waals surface area contributed by atoms with Crippen molar-refractivity contribution in [3.63, 3.8) is 0 Å². The summed E-state index contributed by atoms with van der Waals surface area (Å²) in [5.41, 5.74) is 4.46. The van der Waals surface area contributed by atoms with Crippen molar-refractivity contribution in [2.75, 3.05) is 0 Å². The average Bonchev–Trinajstić information content (AvgIpc) is 3.37. The van der Waals surface area contributed by atoms with Crippen LogP contribution in [0.4, 0.5) is 0 Å². The highest BCUT2D eigenvalue weighted by molar-refractivity contribution is 5.91. The van der Waals surface area contributed by atoms with E-state index in [4.69, 9.17) is 9.52 Å². The second-order valence-electron chi connectivity index (χ2n) is 6.62. The number of carbonyl (C=O) groups is 1. The molecule has 0 saturated heterocycles. The van der Waals surface area contributed by atoms with Crippen LogP contribution in [-0.2, 0) is 0 Å². The molecule has 2 unspecified atom stereocenters. The van der Waals surface area contributed by atoms with E-state index in [0.717, 1.165) is 23.5 Å². The van der Waals surface area contributed by atoms with E-state index in [1.807, 2.05) is 29.8 Å². The summed E-state index contributed by atoms with van der Waals surface area (Å²) in [5, 5.41) is 7.74. The van der Waals surface area contributed by atoms with Crippen molar-refractivity contribution in [1.82, 2.24) is 15.1 Å². The Hall–Kier alpha value is -3.08. The molecule has 1 aliphatic rings. The van der Waals surface area contributed by atoms with E-state index < -0.39 is 0 Å². The maximum atomic E-state index is 12.2. The number of hydrogen-bond acceptors (Lipinski definition) is 3. The minimum atomic E-state index is -0.182. The third-order valence-electron chi connectivity index (χ3n) is 4.86. The molecular weight excluding hydrogens is 326 g/mol. The molecule has 0 fully saturated rings. The lowest BCUT2D eigenvalue weighted by Crippen LogP contribution is -2.32. The lowest BCUT2D eigenvalue weighted by atomic mass is 9.96. The number of nitrogens with zero attached hydrogens (tertiary/aromatic N) is 2. The number of hydrogen-bond donors (Lipinski definition) is 1. The summed E-state index contributed by atoms with van der Waals surface area (Å²) in [4.78, 5) is 12.2. The second-order valence-corrected chi connectivity index (χ2v) is 6.62. The Kier molecular flexibility index (Phi) is 4.21. The van der Waals surface area contributed by atoms with Crippen molar-refractivity contribution in [3.8, 4) is 5.69 Å². The Labute approximate surface area is 152 Å². The molecule has 1 N–H and O–H groups in total. The van der Waals surface area contributed by atoms with E-state index in [-0.39, 0.29) is 17.9 Å². The first kappa shape index (κ1) is 16.4. The molecule has 1 aromatic carbocycles. The maximum absolute atomic E-state index is 12.2. The van der Waals surface area contributed by atoms with E-state index in [1.54, 1.807) is 12.1 Å². The molecule has 0 spiro atoms. The van der Waals surface area contributed by atoms with Gasteiger partial charge in [-0.25, -0.2) is 4.68 Å². The molecule has 5 nitrogen and oxygen atoms in total. The van der Waals surface area contributed by atoms with Gasteiger partial charge >= 0.3 is 0 Å². The third kappa shape index (κ3) is 2.96. The van der Waals surface area contributed by atoms with Crippen LogP contribution in [0.5, 0.6) is 0 Å². The van der Waals surface area contributed by atoms with E-state index in [0.29, 0.717) is 5.76 Å². The molecular formula is C21H21N3O2. The first-order valence-electron chi connectivity index (χ1n) is 8.77. The van der Waals surface area contributed by atoms with Gasteiger partial charge in [-0.05, 0) is 44.5 Å². The van der Waals surface area contributed by atoms with Gasteiger partial charge < -0.3 is 9.73 Å². The zero-order valence-electron chi connectivity index (χ0n) is 14.8. The molecule has 0 saturated carbocycles. The van der Waals surface area contributed by atoms with Gasteiger partial charge in [-0.1, -0.05) is 30.4 Å². The van der Waals surface area contributed by atoms with E-state index >= 15 is 0 Å². The average molecular weight is 347 g/mol. The highest BCUT2D eigenvalue weighted by atomic mass is 16.3. The van der Waals surface area contributed by atoms with Gasteiger partial charge in [-0.2, -0.15) is 5.10 Å².